The van der Waals surface area contributed by atoms with Gasteiger partial charge in [-0.05, 0) is 43.0 Å². The maximum atomic E-state index is 5.20. The number of aromatic nitrogens is 1. The molecule has 3 nitrogen and oxygen atoms in total. The second kappa shape index (κ2) is 8.20. The van der Waals surface area contributed by atoms with E-state index in [4.69, 9.17) is 4.74 Å². The fourth-order valence-corrected chi connectivity index (χ4v) is 2.17. The molecule has 0 radical (unpaired) electrons. The molecule has 0 aliphatic carbocycles. The molecule has 0 aliphatic heterocycles. The molecule has 0 saturated carbocycles. The van der Waals surface area contributed by atoms with Crippen molar-refractivity contribution in [3.05, 3.63) is 30.1 Å². The van der Waals surface area contributed by atoms with Gasteiger partial charge in [-0.1, -0.05) is 13.8 Å². The van der Waals surface area contributed by atoms with Crippen molar-refractivity contribution < 1.29 is 4.74 Å². The van der Waals surface area contributed by atoms with Crippen LogP contribution in [0.2, 0.25) is 0 Å². The number of methoxy groups -OCH3 is 1. The van der Waals surface area contributed by atoms with E-state index in [-0.39, 0.29) is 0 Å². The summed E-state index contributed by atoms with van der Waals surface area (Å²) in [5.41, 5.74) is 1.34. The van der Waals surface area contributed by atoms with Crippen LogP contribution in [0.1, 0.15) is 25.8 Å². The van der Waals surface area contributed by atoms with E-state index in [9.17, 15) is 0 Å². The summed E-state index contributed by atoms with van der Waals surface area (Å²) in [7, 11) is 1.77. The molecule has 1 aromatic rings. The van der Waals surface area contributed by atoms with Crippen LogP contribution in [0.15, 0.2) is 24.5 Å². The van der Waals surface area contributed by atoms with Gasteiger partial charge < -0.3 is 10.1 Å². The molecule has 2 atom stereocenters. The quantitative estimate of drug-likeness (QED) is 0.752. The Balaban J connectivity index is 2.48. The Morgan fingerprint density at radius 3 is 2.65 bits per heavy atom. The highest BCUT2D eigenvalue weighted by atomic mass is 16.5. The lowest BCUT2D eigenvalue weighted by molar-refractivity contribution is 0.149. The van der Waals surface area contributed by atoms with Gasteiger partial charge in [-0.25, -0.2) is 0 Å². The van der Waals surface area contributed by atoms with Gasteiger partial charge in [-0.15, -0.1) is 0 Å². The molecule has 0 spiro atoms. The second-order valence-electron chi connectivity index (χ2n) is 4.61. The fourth-order valence-electron chi connectivity index (χ4n) is 2.17. The lowest BCUT2D eigenvalue weighted by atomic mass is 9.97. The molecular formula is C14H24N2O. The molecule has 1 aromatic heterocycles. The molecule has 1 N–H and O–H groups in total. The van der Waals surface area contributed by atoms with Gasteiger partial charge in [0, 0.05) is 32.2 Å². The van der Waals surface area contributed by atoms with Crippen molar-refractivity contribution in [3.63, 3.8) is 0 Å². The Bertz CT molecular complexity index is 290. The molecule has 96 valence electrons. The van der Waals surface area contributed by atoms with E-state index in [0.29, 0.717) is 12.0 Å². The van der Waals surface area contributed by atoms with Gasteiger partial charge in [0.2, 0.25) is 0 Å². The SMILES string of the molecule is CCNC(Cc1ccncc1)CC(C)COC. The minimum Gasteiger partial charge on any atom is -0.384 e. The van der Waals surface area contributed by atoms with Crippen molar-refractivity contribution in [2.45, 2.75) is 32.7 Å². The zero-order valence-corrected chi connectivity index (χ0v) is 11.1. The number of hydrogen-bond acceptors (Lipinski definition) is 3. The van der Waals surface area contributed by atoms with Gasteiger partial charge in [0.05, 0.1) is 0 Å². The van der Waals surface area contributed by atoms with Crippen LogP contribution in [0.4, 0.5) is 0 Å². The molecule has 0 aliphatic rings. The van der Waals surface area contributed by atoms with Gasteiger partial charge >= 0.3 is 0 Å². The third kappa shape index (κ3) is 5.80. The predicted octanol–water partition coefficient (Wildman–Crippen LogP) is 2.27. The van der Waals surface area contributed by atoms with Gasteiger partial charge in [-0.2, -0.15) is 0 Å². The standard InChI is InChI=1S/C14H24N2O/c1-4-16-14(9-12(2)11-17-3)10-13-5-7-15-8-6-13/h5-8,12,14,16H,4,9-11H2,1-3H3. The zero-order valence-electron chi connectivity index (χ0n) is 11.1. The summed E-state index contributed by atoms with van der Waals surface area (Å²) in [4.78, 5) is 4.05. The Labute approximate surface area is 105 Å². The zero-order chi connectivity index (χ0) is 12.5. The number of nitrogens with one attached hydrogen (secondary N) is 1. The van der Waals surface area contributed by atoms with Crippen LogP contribution in [0.3, 0.4) is 0 Å². The number of pyridine rings is 1. The minimum absolute atomic E-state index is 0.521. The molecular weight excluding hydrogens is 212 g/mol. The van der Waals surface area contributed by atoms with E-state index in [1.807, 2.05) is 12.4 Å². The van der Waals surface area contributed by atoms with Gasteiger partial charge in [0.1, 0.15) is 0 Å². The van der Waals surface area contributed by atoms with Crippen LogP contribution >= 0.6 is 0 Å². The van der Waals surface area contributed by atoms with E-state index >= 15 is 0 Å². The summed E-state index contributed by atoms with van der Waals surface area (Å²) in [5, 5.41) is 3.54. The molecule has 2 unspecified atom stereocenters. The highest BCUT2D eigenvalue weighted by molar-refractivity contribution is 5.11. The molecule has 0 amide bonds. The number of likely N-dealkylation sites (N-methyl/N-ethyl adjacent to an activating group) is 1. The molecule has 0 bridgehead atoms. The van der Waals surface area contributed by atoms with Gasteiger partial charge in [0.15, 0.2) is 0 Å². The van der Waals surface area contributed by atoms with E-state index in [0.717, 1.165) is 26.0 Å². The van der Waals surface area contributed by atoms with Gasteiger partial charge in [-0.3, -0.25) is 4.98 Å². The molecule has 0 saturated heterocycles. The first-order valence-corrected chi connectivity index (χ1v) is 6.37. The summed E-state index contributed by atoms with van der Waals surface area (Å²) in [6.45, 7) is 6.23. The van der Waals surface area contributed by atoms with E-state index in [1.165, 1.54) is 5.56 Å². The number of hydrogen-bond donors (Lipinski definition) is 1. The largest absolute Gasteiger partial charge is 0.384 e. The normalized spacial score (nSPS) is 14.5. The first-order valence-electron chi connectivity index (χ1n) is 6.37. The average Bonchev–Trinajstić information content (AvgIpc) is 2.31. The number of ether oxygens (including phenoxy) is 1. The van der Waals surface area contributed by atoms with E-state index < -0.39 is 0 Å². The minimum atomic E-state index is 0.521. The highest BCUT2D eigenvalue weighted by Crippen LogP contribution is 2.11. The van der Waals surface area contributed by atoms with Crippen LogP contribution in [0.5, 0.6) is 0 Å². The molecule has 1 heterocycles. The lowest BCUT2D eigenvalue weighted by Gasteiger charge is -2.21. The Kier molecular flexibility index (Phi) is 6.82. The van der Waals surface area contributed by atoms with E-state index in [2.05, 4.69) is 36.3 Å². The molecule has 0 fully saturated rings. The van der Waals surface area contributed by atoms with Gasteiger partial charge in [0.25, 0.3) is 0 Å². The van der Waals surface area contributed by atoms with Crippen molar-refractivity contribution in [3.8, 4) is 0 Å². The van der Waals surface area contributed by atoms with Crippen molar-refractivity contribution >= 4 is 0 Å². The third-order valence-electron chi connectivity index (χ3n) is 2.86. The maximum Gasteiger partial charge on any atom is 0.0488 e. The molecule has 3 heteroatoms. The first-order chi connectivity index (χ1) is 8.26. The summed E-state index contributed by atoms with van der Waals surface area (Å²) in [5.74, 6) is 0.589. The Morgan fingerprint density at radius 2 is 2.06 bits per heavy atom. The lowest BCUT2D eigenvalue weighted by Crippen LogP contribution is -2.33. The third-order valence-corrected chi connectivity index (χ3v) is 2.86. The van der Waals surface area contributed by atoms with Crippen LogP contribution < -0.4 is 5.32 Å². The molecule has 0 aromatic carbocycles. The summed E-state index contributed by atoms with van der Waals surface area (Å²) in [6, 6.07) is 4.70. The second-order valence-corrected chi connectivity index (χ2v) is 4.61. The Morgan fingerprint density at radius 1 is 1.35 bits per heavy atom. The summed E-state index contributed by atoms with van der Waals surface area (Å²) in [6.07, 6.45) is 5.92. The van der Waals surface area contributed by atoms with Crippen LogP contribution in [0, 0.1) is 5.92 Å². The molecule has 1 rings (SSSR count). The number of rotatable bonds is 8. The van der Waals surface area contributed by atoms with E-state index in [1.54, 1.807) is 7.11 Å². The maximum absolute atomic E-state index is 5.20. The molecule has 17 heavy (non-hydrogen) atoms. The van der Waals surface area contributed by atoms with Crippen molar-refractivity contribution in [2.24, 2.45) is 5.92 Å². The number of nitrogens with zero attached hydrogens (tertiary/aromatic N) is 1. The van der Waals surface area contributed by atoms with Crippen molar-refractivity contribution in [1.82, 2.24) is 10.3 Å². The fraction of sp³-hybridized carbons (Fsp3) is 0.643. The van der Waals surface area contributed by atoms with Crippen molar-refractivity contribution in [2.75, 3.05) is 20.3 Å². The van der Waals surface area contributed by atoms with Crippen LogP contribution in [0.25, 0.3) is 0 Å². The topological polar surface area (TPSA) is 34.2 Å². The average molecular weight is 236 g/mol. The van der Waals surface area contributed by atoms with Crippen LogP contribution in [-0.4, -0.2) is 31.3 Å². The van der Waals surface area contributed by atoms with Crippen molar-refractivity contribution in [1.29, 1.82) is 0 Å². The smallest absolute Gasteiger partial charge is 0.0488 e. The summed E-state index contributed by atoms with van der Waals surface area (Å²) < 4.78 is 5.20. The first kappa shape index (κ1) is 14.1. The summed E-state index contributed by atoms with van der Waals surface area (Å²) >= 11 is 0. The predicted molar refractivity (Wildman–Crippen MR) is 71.1 cm³/mol. The van der Waals surface area contributed by atoms with Crippen LogP contribution in [-0.2, 0) is 11.2 Å². The monoisotopic (exact) mass is 236 g/mol. The Hall–Kier alpha value is -0.930. The highest BCUT2D eigenvalue weighted by Gasteiger charge is 2.12.